The summed E-state index contributed by atoms with van der Waals surface area (Å²) >= 11 is 0. The van der Waals surface area contributed by atoms with E-state index in [0.717, 1.165) is 18.8 Å². The molecule has 122 valence electrons. The predicted molar refractivity (Wildman–Crippen MR) is 96.5 cm³/mol. The van der Waals surface area contributed by atoms with Crippen LogP contribution in [0.4, 0.5) is 0 Å². The van der Waals surface area contributed by atoms with E-state index in [9.17, 15) is 0 Å². The maximum atomic E-state index is 3.48. The van der Waals surface area contributed by atoms with Crippen LogP contribution in [0.2, 0.25) is 0 Å². The van der Waals surface area contributed by atoms with Crippen molar-refractivity contribution in [1.29, 1.82) is 0 Å². The second kappa shape index (κ2) is 23.5. The van der Waals surface area contributed by atoms with Gasteiger partial charge in [0.25, 0.3) is 0 Å². The molecule has 0 atom stereocenters. The molecule has 1 heterocycles. The standard InChI is InChI=1S/C8H18N2.2C4H8.C2H6/c1-8(2)7-10-5-3-9-4-6-10;2*1-3-4-2;1-2/h8-9H,3-7H2,1-2H3;2*3H,1,4H2,2H3;1-2H3. The molecule has 0 aliphatic carbocycles. The Hall–Kier alpha value is -0.600. The molecular formula is C18H40N2. The van der Waals surface area contributed by atoms with Gasteiger partial charge in [0.15, 0.2) is 0 Å². The van der Waals surface area contributed by atoms with Crippen LogP contribution in [-0.2, 0) is 0 Å². The lowest BCUT2D eigenvalue weighted by molar-refractivity contribution is 0.217. The van der Waals surface area contributed by atoms with E-state index in [1.807, 2.05) is 26.0 Å². The van der Waals surface area contributed by atoms with Crippen molar-refractivity contribution in [1.82, 2.24) is 10.2 Å². The Balaban J connectivity index is -0.000000243. The van der Waals surface area contributed by atoms with Crippen molar-refractivity contribution in [3.05, 3.63) is 25.3 Å². The summed E-state index contributed by atoms with van der Waals surface area (Å²) in [7, 11) is 0. The van der Waals surface area contributed by atoms with Crippen LogP contribution in [0.1, 0.15) is 54.4 Å². The largest absolute Gasteiger partial charge is 0.314 e. The average molecular weight is 285 g/mol. The van der Waals surface area contributed by atoms with Gasteiger partial charge in [-0.05, 0) is 18.8 Å². The molecule has 0 radical (unpaired) electrons. The number of hydrogen-bond donors (Lipinski definition) is 1. The van der Waals surface area contributed by atoms with Crippen molar-refractivity contribution in [2.75, 3.05) is 32.7 Å². The third-order valence-corrected chi connectivity index (χ3v) is 2.41. The summed E-state index contributed by atoms with van der Waals surface area (Å²) < 4.78 is 0. The van der Waals surface area contributed by atoms with Crippen LogP contribution in [-0.4, -0.2) is 37.6 Å². The van der Waals surface area contributed by atoms with E-state index in [4.69, 9.17) is 0 Å². The maximum Gasteiger partial charge on any atom is 0.0107 e. The second-order valence-corrected chi connectivity index (χ2v) is 4.84. The highest BCUT2D eigenvalue weighted by Crippen LogP contribution is 1.98. The lowest BCUT2D eigenvalue weighted by Crippen LogP contribution is -2.44. The molecule has 1 fully saturated rings. The Kier molecular flexibility index (Phi) is 28.7. The summed E-state index contributed by atoms with van der Waals surface area (Å²) in [6.07, 6.45) is 5.92. The van der Waals surface area contributed by atoms with Gasteiger partial charge < -0.3 is 10.2 Å². The molecule has 0 aromatic heterocycles. The molecule has 1 aliphatic heterocycles. The van der Waals surface area contributed by atoms with Crippen LogP contribution < -0.4 is 5.32 Å². The SMILES string of the molecule is C=CCC.C=CCC.CC.CC(C)CN1CCNCC1. The van der Waals surface area contributed by atoms with E-state index < -0.39 is 0 Å². The number of piperazine rings is 1. The number of allylic oxidation sites excluding steroid dienone is 2. The molecule has 0 aromatic rings. The zero-order valence-corrected chi connectivity index (χ0v) is 15.0. The van der Waals surface area contributed by atoms with Crippen molar-refractivity contribution < 1.29 is 0 Å². The van der Waals surface area contributed by atoms with E-state index in [1.165, 1.54) is 32.7 Å². The van der Waals surface area contributed by atoms with Gasteiger partial charge in [-0.1, -0.05) is 53.7 Å². The molecule has 1 aliphatic rings. The van der Waals surface area contributed by atoms with Crippen LogP contribution >= 0.6 is 0 Å². The third kappa shape index (κ3) is 26.1. The van der Waals surface area contributed by atoms with E-state index in [2.05, 4.69) is 51.1 Å². The number of nitrogens with zero attached hydrogens (tertiary/aromatic N) is 1. The average Bonchev–Trinajstić information content (AvgIpc) is 2.50. The van der Waals surface area contributed by atoms with Gasteiger partial charge in [-0.3, -0.25) is 0 Å². The van der Waals surface area contributed by atoms with E-state index in [1.54, 1.807) is 0 Å². The lowest BCUT2D eigenvalue weighted by atomic mass is 10.2. The highest BCUT2D eigenvalue weighted by Gasteiger charge is 2.09. The summed E-state index contributed by atoms with van der Waals surface area (Å²) in [5.74, 6) is 0.818. The van der Waals surface area contributed by atoms with E-state index in [-0.39, 0.29) is 0 Å². The monoisotopic (exact) mass is 284 g/mol. The fourth-order valence-corrected chi connectivity index (χ4v) is 1.41. The molecule has 0 amide bonds. The molecule has 0 spiro atoms. The number of rotatable bonds is 4. The van der Waals surface area contributed by atoms with Gasteiger partial charge in [0, 0.05) is 32.7 Å². The van der Waals surface area contributed by atoms with Gasteiger partial charge >= 0.3 is 0 Å². The first-order valence-corrected chi connectivity index (χ1v) is 8.27. The lowest BCUT2D eigenvalue weighted by Gasteiger charge is -2.28. The molecule has 1 rings (SSSR count). The quantitative estimate of drug-likeness (QED) is 0.750. The van der Waals surface area contributed by atoms with Crippen LogP contribution in [0.15, 0.2) is 25.3 Å². The number of nitrogens with one attached hydrogen (secondary N) is 1. The molecule has 20 heavy (non-hydrogen) atoms. The zero-order chi connectivity index (χ0) is 16.2. The summed E-state index contributed by atoms with van der Waals surface area (Å²) in [5, 5.41) is 3.35. The van der Waals surface area contributed by atoms with Crippen molar-refractivity contribution in [3.8, 4) is 0 Å². The first kappa shape index (κ1) is 24.4. The van der Waals surface area contributed by atoms with Crippen molar-refractivity contribution >= 4 is 0 Å². The smallest absolute Gasteiger partial charge is 0.0107 e. The van der Waals surface area contributed by atoms with Crippen molar-refractivity contribution in [2.45, 2.75) is 54.4 Å². The maximum absolute atomic E-state index is 3.48. The van der Waals surface area contributed by atoms with Gasteiger partial charge in [-0.25, -0.2) is 0 Å². The van der Waals surface area contributed by atoms with E-state index >= 15 is 0 Å². The zero-order valence-electron chi connectivity index (χ0n) is 15.0. The van der Waals surface area contributed by atoms with Crippen molar-refractivity contribution in [2.24, 2.45) is 5.92 Å². The molecule has 0 aromatic carbocycles. The van der Waals surface area contributed by atoms with Gasteiger partial charge in [0.1, 0.15) is 0 Å². The Morgan fingerprint density at radius 3 is 1.60 bits per heavy atom. The second-order valence-electron chi connectivity index (χ2n) is 4.84. The van der Waals surface area contributed by atoms with Crippen LogP contribution in [0.25, 0.3) is 0 Å². The normalized spacial score (nSPS) is 13.8. The van der Waals surface area contributed by atoms with Crippen molar-refractivity contribution in [3.63, 3.8) is 0 Å². The number of hydrogen-bond acceptors (Lipinski definition) is 2. The molecule has 2 heteroatoms. The Bertz CT molecular complexity index is 162. The van der Waals surface area contributed by atoms with Gasteiger partial charge in [0.2, 0.25) is 0 Å². The molecule has 1 saturated heterocycles. The molecule has 0 saturated carbocycles. The minimum atomic E-state index is 0.818. The van der Waals surface area contributed by atoms with Crippen LogP contribution in [0.3, 0.4) is 0 Å². The minimum Gasteiger partial charge on any atom is -0.314 e. The Morgan fingerprint density at radius 1 is 1.00 bits per heavy atom. The highest BCUT2D eigenvalue weighted by molar-refractivity contribution is 4.68. The van der Waals surface area contributed by atoms with Crippen LogP contribution in [0.5, 0.6) is 0 Å². The minimum absolute atomic E-state index is 0.818. The summed E-state index contributed by atoms with van der Waals surface area (Å²) in [5.41, 5.74) is 0. The first-order valence-electron chi connectivity index (χ1n) is 8.27. The molecule has 1 N–H and O–H groups in total. The molecule has 2 nitrogen and oxygen atoms in total. The highest BCUT2D eigenvalue weighted by atomic mass is 15.2. The predicted octanol–water partition coefficient (Wildman–Crippen LogP) is 4.74. The molecule has 0 unspecified atom stereocenters. The molecule has 0 bridgehead atoms. The third-order valence-electron chi connectivity index (χ3n) is 2.41. The van der Waals surface area contributed by atoms with E-state index in [0.29, 0.717) is 0 Å². The fraction of sp³-hybridized carbons (Fsp3) is 0.778. The fourth-order valence-electron chi connectivity index (χ4n) is 1.41. The topological polar surface area (TPSA) is 15.3 Å². The Morgan fingerprint density at radius 2 is 1.35 bits per heavy atom. The summed E-state index contributed by atoms with van der Waals surface area (Å²) in [6.45, 7) is 25.7. The van der Waals surface area contributed by atoms with Crippen LogP contribution in [0, 0.1) is 5.92 Å². The van der Waals surface area contributed by atoms with Gasteiger partial charge in [0.05, 0.1) is 0 Å². The molecular weight excluding hydrogens is 244 g/mol. The summed E-state index contributed by atoms with van der Waals surface area (Å²) in [6, 6.07) is 0. The first-order chi connectivity index (χ1) is 9.62. The van der Waals surface area contributed by atoms with Gasteiger partial charge in [-0.15, -0.1) is 13.2 Å². The van der Waals surface area contributed by atoms with Gasteiger partial charge in [-0.2, -0.15) is 0 Å². The summed E-state index contributed by atoms with van der Waals surface area (Å²) in [4.78, 5) is 2.53. The Labute approximate surface area is 129 Å².